The summed E-state index contributed by atoms with van der Waals surface area (Å²) in [6.45, 7) is 0. The molecular formula is C10H12N2O. The molecule has 0 spiro atoms. The van der Waals surface area contributed by atoms with Crippen LogP contribution < -0.4 is 5.73 Å². The molecule has 2 atom stereocenters. The lowest BCUT2D eigenvalue weighted by molar-refractivity contribution is 0.197. The van der Waals surface area contributed by atoms with Gasteiger partial charge in [-0.05, 0) is 12.0 Å². The minimum absolute atomic E-state index is 0.507. The maximum absolute atomic E-state index is 9.10. The maximum atomic E-state index is 9.10. The third kappa shape index (κ3) is 2.86. The lowest BCUT2D eigenvalue weighted by Crippen LogP contribution is -2.35. The Kier molecular flexibility index (Phi) is 3.44. The van der Waals surface area contributed by atoms with Crippen molar-refractivity contribution in [3.63, 3.8) is 0 Å². The van der Waals surface area contributed by atoms with Crippen LogP contribution >= 0.6 is 0 Å². The van der Waals surface area contributed by atoms with Gasteiger partial charge >= 0.3 is 0 Å². The molecule has 0 amide bonds. The number of nitriles is 1. The van der Waals surface area contributed by atoms with Gasteiger partial charge < -0.3 is 10.8 Å². The molecule has 1 aromatic carbocycles. The summed E-state index contributed by atoms with van der Waals surface area (Å²) in [5.41, 5.74) is 6.62. The van der Waals surface area contributed by atoms with Crippen LogP contribution in [0.5, 0.6) is 0 Å². The molecule has 68 valence electrons. The standard InChI is InChI=1S/C10H12N2O/c11-7-10(13)9(12)6-8-4-2-1-3-5-8/h1-5,9-10,13H,6,12H2/t9-,10?/m1/s1. The molecule has 0 radical (unpaired) electrons. The Hall–Kier alpha value is -1.37. The number of rotatable bonds is 3. The Bertz CT molecular complexity index is 292. The summed E-state index contributed by atoms with van der Waals surface area (Å²) in [5, 5.41) is 17.5. The van der Waals surface area contributed by atoms with Crippen LogP contribution in [-0.4, -0.2) is 17.3 Å². The fourth-order valence-corrected chi connectivity index (χ4v) is 1.09. The van der Waals surface area contributed by atoms with Crippen LogP contribution in [0.15, 0.2) is 30.3 Å². The third-order valence-corrected chi connectivity index (χ3v) is 1.85. The van der Waals surface area contributed by atoms with Crippen LogP contribution in [0.3, 0.4) is 0 Å². The molecule has 0 saturated carbocycles. The zero-order chi connectivity index (χ0) is 9.68. The van der Waals surface area contributed by atoms with E-state index >= 15 is 0 Å². The first-order valence-corrected chi connectivity index (χ1v) is 4.11. The van der Waals surface area contributed by atoms with E-state index in [0.717, 1.165) is 5.56 Å². The summed E-state index contributed by atoms with van der Waals surface area (Å²) in [7, 11) is 0. The molecule has 0 fully saturated rings. The van der Waals surface area contributed by atoms with Crippen LogP contribution in [-0.2, 0) is 6.42 Å². The van der Waals surface area contributed by atoms with Crippen LogP contribution in [0, 0.1) is 11.3 Å². The fraction of sp³-hybridized carbons (Fsp3) is 0.300. The molecular weight excluding hydrogens is 164 g/mol. The number of hydrogen-bond acceptors (Lipinski definition) is 3. The average Bonchev–Trinajstić information content (AvgIpc) is 2.18. The van der Waals surface area contributed by atoms with E-state index in [1.54, 1.807) is 6.07 Å². The van der Waals surface area contributed by atoms with Gasteiger partial charge in [-0.15, -0.1) is 0 Å². The van der Waals surface area contributed by atoms with Gasteiger partial charge in [0.25, 0.3) is 0 Å². The minimum atomic E-state index is -1.08. The van der Waals surface area contributed by atoms with Gasteiger partial charge in [0.2, 0.25) is 0 Å². The topological polar surface area (TPSA) is 70.0 Å². The Morgan fingerprint density at radius 3 is 2.54 bits per heavy atom. The normalized spacial score (nSPS) is 14.5. The quantitative estimate of drug-likeness (QED) is 0.656. The Labute approximate surface area is 77.4 Å². The van der Waals surface area contributed by atoms with E-state index in [1.807, 2.05) is 30.3 Å². The summed E-state index contributed by atoms with van der Waals surface area (Å²) in [5.74, 6) is 0. The van der Waals surface area contributed by atoms with Gasteiger partial charge in [0.05, 0.1) is 6.07 Å². The summed E-state index contributed by atoms with van der Waals surface area (Å²) in [6, 6.07) is 10.8. The van der Waals surface area contributed by atoms with Crippen molar-refractivity contribution in [3.05, 3.63) is 35.9 Å². The van der Waals surface area contributed by atoms with Gasteiger partial charge in [-0.25, -0.2) is 0 Å². The molecule has 0 aliphatic carbocycles. The fourth-order valence-electron chi connectivity index (χ4n) is 1.09. The van der Waals surface area contributed by atoms with Gasteiger partial charge in [0.1, 0.15) is 0 Å². The molecule has 0 heterocycles. The van der Waals surface area contributed by atoms with Crippen molar-refractivity contribution in [1.29, 1.82) is 5.26 Å². The molecule has 0 bridgehead atoms. The summed E-state index contributed by atoms with van der Waals surface area (Å²) >= 11 is 0. The second-order valence-corrected chi connectivity index (χ2v) is 2.93. The second-order valence-electron chi connectivity index (χ2n) is 2.93. The molecule has 0 aromatic heterocycles. The summed E-state index contributed by atoms with van der Waals surface area (Å²) in [4.78, 5) is 0. The van der Waals surface area contributed by atoms with E-state index < -0.39 is 12.1 Å². The highest BCUT2D eigenvalue weighted by Crippen LogP contribution is 2.03. The second kappa shape index (κ2) is 4.61. The number of hydrogen-bond donors (Lipinski definition) is 2. The highest BCUT2D eigenvalue weighted by molar-refractivity contribution is 5.16. The van der Waals surface area contributed by atoms with Crippen molar-refractivity contribution < 1.29 is 5.11 Å². The molecule has 1 rings (SSSR count). The molecule has 0 saturated heterocycles. The molecule has 1 aromatic rings. The highest BCUT2D eigenvalue weighted by Gasteiger charge is 2.13. The predicted molar refractivity (Wildman–Crippen MR) is 49.7 cm³/mol. The molecule has 0 aliphatic rings. The number of nitrogens with zero attached hydrogens (tertiary/aromatic N) is 1. The number of aliphatic hydroxyl groups excluding tert-OH is 1. The van der Waals surface area contributed by atoms with E-state index in [2.05, 4.69) is 0 Å². The molecule has 3 N–H and O–H groups in total. The van der Waals surface area contributed by atoms with Crippen molar-refractivity contribution in [2.75, 3.05) is 0 Å². The molecule has 3 heteroatoms. The van der Waals surface area contributed by atoms with Gasteiger partial charge in [-0.1, -0.05) is 30.3 Å². The minimum Gasteiger partial charge on any atom is -0.376 e. The van der Waals surface area contributed by atoms with Gasteiger partial charge in [-0.3, -0.25) is 0 Å². The van der Waals surface area contributed by atoms with Gasteiger partial charge in [0, 0.05) is 6.04 Å². The Balaban J connectivity index is 2.56. The van der Waals surface area contributed by atoms with Crippen molar-refractivity contribution >= 4 is 0 Å². The first-order valence-electron chi connectivity index (χ1n) is 4.11. The first-order chi connectivity index (χ1) is 6.24. The maximum Gasteiger partial charge on any atom is 0.155 e. The van der Waals surface area contributed by atoms with Crippen molar-refractivity contribution in [2.24, 2.45) is 5.73 Å². The van der Waals surface area contributed by atoms with Gasteiger partial charge in [-0.2, -0.15) is 5.26 Å². The van der Waals surface area contributed by atoms with E-state index in [9.17, 15) is 0 Å². The number of benzene rings is 1. The average molecular weight is 176 g/mol. The molecule has 0 aliphatic heterocycles. The van der Waals surface area contributed by atoms with Crippen LogP contribution in [0.25, 0.3) is 0 Å². The lowest BCUT2D eigenvalue weighted by Gasteiger charge is -2.11. The monoisotopic (exact) mass is 176 g/mol. The van der Waals surface area contributed by atoms with E-state index in [4.69, 9.17) is 16.1 Å². The van der Waals surface area contributed by atoms with E-state index in [-0.39, 0.29) is 0 Å². The Morgan fingerprint density at radius 1 is 1.38 bits per heavy atom. The van der Waals surface area contributed by atoms with E-state index in [1.165, 1.54) is 0 Å². The predicted octanol–water partition coefficient (Wildman–Crippen LogP) is 0.441. The number of nitrogens with two attached hydrogens (primary N) is 1. The smallest absolute Gasteiger partial charge is 0.155 e. The van der Waals surface area contributed by atoms with Crippen LogP contribution in [0.1, 0.15) is 5.56 Å². The van der Waals surface area contributed by atoms with Crippen molar-refractivity contribution in [3.8, 4) is 6.07 Å². The molecule has 13 heavy (non-hydrogen) atoms. The van der Waals surface area contributed by atoms with Crippen molar-refractivity contribution in [2.45, 2.75) is 18.6 Å². The molecule has 1 unspecified atom stereocenters. The van der Waals surface area contributed by atoms with Crippen LogP contribution in [0.4, 0.5) is 0 Å². The summed E-state index contributed by atoms with van der Waals surface area (Å²) in [6.07, 6.45) is -0.560. The zero-order valence-corrected chi connectivity index (χ0v) is 7.22. The SMILES string of the molecule is N#CC(O)[C@H](N)Cc1ccccc1. The lowest BCUT2D eigenvalue weighted by atomic mass is 10.0. The zero-order valence-electron chi connectivity index (χ0n) is 7.22. The highest BCUT2D eigenvalue weighted by atomic mass is 16.3. The number of aliphatic hydroxyl groups is 1. The van der Waals surface area contributed by atoms with Crippen molar-refractivity contribution in [1.82, 2.24) is 0 Å². The van der Waals surface area contributed by atoms with Gasteiger partial charge in [0.15, 0.2) is 6.10 Å². The summed E-state index contributed by atoms with van der Waals surface area (Å²) < 4.78 is 0. The third-order valence-electron chi connectivity index (χ3n) is 1.85. The van der Waals surface area contributed by atoms with Crippen LogP contribution in [0.2, 0.25) is 0 Å². The largest absolute Gasteiger partial charge is 0.376 e. The molecule has 3 nitrogen and oxygen atoms in total. The van der Waals surface area contributed by atoms with E-state index in [0.29, 0.717) is 6.42 Å². The first kappa shape index (κ1) is 9.72. The Morgan fingerprint density at radius 2 is 2.00 bits per heavy atom.